The quantitative estimate of drug-likeness (QED) is 0.595. The Kier molecular flexibility index (Phi) is 3.24. The summed E-state index contributed by atoms with van der Waals surface area (Å²) in [7, 11) is -1.55. The molecule has 0 nitrogen and oxygen atoms in total. The molecule has 23 heavy (non-hydrogen) atoms. The van der Waals surface area contributed by atoms with Gasteiger partial charge < -0.3 is 0 Å². The van der Waals surface area contributed by atoms with E-state index in [2.05, 4.69) is 87.6 Å². The predicted molar refractivity (Wildman–Crippen MR) is 103 cm³/mol. The fourth-order valence-corrected chi connectivity index (χ4v) is 8.04. The first-order valence-corrected chi connectivity index (χ1v) is 11.7. The van der Waals surface area contributed by atoms with E-state index >= 15 is 0 Å². The van der Waals surface area contributed by atoms with Crippen molar-refractivity contribution < 1.29 is 0 Å². The van der Waals surface area contributed by atoms with Gasteiger partial charge in [-0.25, -0.2) is 0 Å². The lowest BCUT2D eigenvalue weighted by Gasteiger charge is -2.35. The molecule has 0 amide bonds. The van der Waals surface area contributed by atoms with E-state index in [1.54, 1.807) is 11.1 Å². The van der Waals surface area contributed by atoms with Crippen molar-refractivity contribution in [3.63, 3.8) is 0 Å². The summed E-state index contributed by atoms with van der Waals surface area (Å²) in [6, 6.07) is 13.9. The highest BCUT2D eigenvalue weighted by atomic mass is 28.3. The molecular formula is C22H24Si. The minimum absolute atomic E-state index is 0.611. The van der Waals surface area contributed by atoms with Gasteiger partial charge in [0.15, 0.2) is 0 Å². The van der Waals surface area contributed by atoms with Gasteiger partial charge in [-0.15, -0.1) is 0 Å². The molecule has 0 aromatic heterocycles. The van der Waals surface area contributed by atoms with Crippen LogP contribution in [0.15, 0.2) is 48.6 Å². The summed E-state index contributed by atoms with van der Waals surface area (Å²) in [4.78, 5) is 0. The van der Waals surface area contributed by atoms with E-state index in [4.69, 9.17) is 0 Å². The second-order valence-electron chi connectivity index (χ2n) is 7.76. The van der Waals surface area contributed by atoms with E-state index in [0.717, 1.165) is 0 Å². The van der Waals surface area contributed by atoms with Crippen molar-refractivity contribution >= 4 is 20.2 Å². The van der Waals surface area contributed by atoms with Crippen molar-refractivity contribution in [2.75, 3.05) is 0 Å². The van der Waals surface area contributed by atoms with Gasteiger partial charge in [-0.3, -0.25) is 0 Å². The van der Waals surface area contributed by atoms with Crippen LogP contribution in [0.3, 0.4) is 0 Å². The maximum absolute atomic E-state index is 2.56. The number of fused-ring (bicyclic) bond motifs is 2. The fraction of sp³-hybridized carbons (Fsp3) is 0.273. The van der Waals surface area contributed by atoms with Gasteiger partial charge in [0, 0.05) is 0 Å². The van der Waals surface area contributed by atoms with Crippen LogP contribution in [0.25, 0.3) is 12.2 Å². The van der Waals surface area contributed by atoms with Crippen molar-refractivity contribution in [3.8, 4) is 0 Å². The average molecular weight is 317 g/mol. The number of benzene rings is 2. The summed E-state index contributed by atoms with van der Waals surface area (Å²) >= 11 is 0. The zero-order valence-corrected chi connectivity index (χ0v) is 15.4. The Hall–Kier alpha value is -1.86. The first-order chi connectivity index (χ1) is 11.0. The highest BCUT2D eigenvalue weighted by Gasteiger charge is 2.42. The Balaban J connectivity index is 1.74. The van der Waals surface area contributed by atoms with E-state index in [-0.39, 0.29) is 0 Å². The van der Waals surface area contributed by atoms with Gasteiger partial charge in [0.1, 0.15) is 0 Å². The molecule has 0 bridgehead atoms. The van der Waals surface area contributed by atoms with Crippen LogP contribution in [0.5, 0.6) is 0 Å². The first kappa shape index (κ1) is 14.7. The number of hydrogen-bond acceptors (Lipinski definition) is 0. The molecule has 2 aliphatic rings. The Labute approximate surface area is 140 Å². The largest absolute Gasteiger partial charge is 0.0791 e. The van der Waals surface area contributed by atoms with Gasteiger partial charge in [-0.1, -0.05) is 84.9 Å². The van der Waals surface area contributed by atoms with Crippen LogP contribution in [0.1, 0.15) is 44.5 Å². The maximum Gasteiger partial charge on any atom is 0.0715 e. The lowest BCUT2D eigenvalue weighted by Crippen LogP contribution is -2.39. The predicted octanol–water partition coefficient (Wildman–Crippen LogP) is 6.01. The molecule has 0 spiro atoms. The minimum Gasteiger partial charge on any atom is -0.0791 e. The van der Waals surface area contributed by atoms with Crippen LogP contribution < -0.4 is 0 Å². The van der Waals surface area contributed by atoms with Crippen molar-refractivity contribution in [2.45, 2.75) is 38.0 Å². The SMILES string of the molecule is Cc1ccc2c(c1)C=CC2[Si](C)(C)C1C=Cc2cc(C)ccc21. The van der Waals surface area contributed by atoms with Gasteiger partial charge >= 0.3 is 0 Å². The van der Waals surface area contributed by atoms with Crippen LogP contribution in [-0.2, 0) is 0 Å². The van der Waals surface area contributed by atoms with Gasteiger partial charge in [-0.2, -0.15) is 0 Å². The van der Waals surface area contributed by atoms with Gasteiger partial charge in [-0.05, 0) is 47.2 Å². The molecule has 2 aromatic rings. The Morgan fingerprint density at radius 1 is 0.696 bits per heavy atom. The molecule has 0 saturated heterocycles. The topological polar surface area (TPSA) is 0 Å². The summed E-state index contributed by atoms with van der Waals surface area (Å²) in [6.45, 7) is 9.48. The van der Waals surface area contributed by atoms with Crippen LogP contribution in [0.2, 0.25) is 13.1 Å². The first-order valence-electron chi connectivity index (χ1n) is 8.54. The third-order valence-electron chi connectivity index (χ3n) is 5.69. The van der Waals surface area contributed by atoms with Crippen molar-refractivity contribution in [3.05, 3.63) is 81.9 Å². The Bertz CT molecular complexity index is 770. The summed E-state index contributed by atoms with van der Waals surface area (Å²) in [5.74, 6) is 0. The summed E-state index contributed by atoms with van der Waals surface area (Å²) in [5.41, 5.74) is 9.89. The van der Waals surface area contributed by atoms with Gasteiger partial charge in [0.25, 0.3) is 0 Å². The standard InChI is InChI=1S/C22H24Si/c1-15-5-9-19-17(13-15)7-11-21(19)23(3,4)22-12-8-18-14-16(2)6-10-20(18)22/h5-14,21-22H,1-4H3. The summed E-state index contributed by atoms with van der Waals surface area (Å²) in [6.07, 6.45) is 9.62. The number of aryl methyl sites for hydroxylation is 2. The minimum atomic E-state index is -1.55. The second kappa shape index (κ2) is 5.07. The Morgan fingerprint density at radius 2 is 1.13 bits per heavy atom. The smallest absolute Gasteiger partial charge is 0.0715 e. The van der Waals surface area contributed by atoms with Crippen LogP contribution >= 0.6 is 0 Å². The molecule has 0 saturated carbocycles. The maximum atomic E-state index is 2.56. The lowest BCUT2D eigenvalue weighted by atomic mass is 10.1. The van der Waals surface area contributed by atoms with Crippen LogP contribution in [-0.4, -0.2) is 8.07 Å². The molecule has 2 aromatic carbocycles. The van der Waals surface area contributed by atoms with Crippen molar-refractivity contribution in [1.82, 2.24) is 0 Å². The highest BCUT2D eigenvalue weighted by Crippen LogP contribution is 2.47. The van der Waals surface area contributed by atoms with E-state index in [1.807, 2.05) is 0 Å². The molecule has 0 N–H and O–H groups in total. The van der Waals surface area contributed by atoms with Crippen LogP contribution in [0.4, 0.5) is 0 Å². The second-order valence-corrected chi connectivity index (χ2v) is 12.6. The highest BCUT2D eigenvalue weighted by molar-refractivity contribution is 6.81. The molecule has 116 valence electrons. The zero-order valence-electron chi connectivity index (χ0n) is 14.4. The molecule has 4 rings (SSSR count). The van der Waals surface area contributed by atoms with E-state index in [0.29, 0.717) is 11.1 Å². The molecule has 0 aliphatic heterocycles. The normalized spacial score (nSPS) is 21.6. The molecular weight excluding hydrogens is 292 g/mol. The molecule has 0 fully saturated rings. The number of hydrogen-bond donors (Lipinski definition) is 0. The monoisotopic (exact) mass is 316 g/mol. The van der Waals surface area contributed by atoms with Crippen molar-refractivity contribution in [1.29, 1.82) is 0 Å². The van der Waals surface area contributed by atoms with Gasteiger partial charge in [0.2, 0.25) is 0 Å². The lowest BCUT2D eigenvalue weighted by molar-refractivity contribution is 1.04. The van der Waals surface area contributed by atoms with Crippen LogP contribution in [0, 0.1) is 13.8 Å². The Morgan fingerprint density at radius 3 is 1.57 bits per heavy atom. The third kappa shape index (κ3) is 2.26. The van der Waals surface area contributed by atoms with E-state index in [9.17, 15) is 0 Å². The van der Waals surface area contributed by atoms with E-state index in [1.165, 1.54) is 22.3 Å². The molecule has 2 atom stereocenters. The summed E-state index contributed by atoms with van der Waals surface area (Å²) < 4.78 is 0. The number of allylic oxidation sites excluding steroid dienone is 2. The summed E-state index contributed by atoms with van der Waals surface area (Å²) in [5, 5.41) is 0. The molecule has 1 heteroatoms. The molecule has 2 aliphatic carbocycles. The zero-order chi connectivity index (χ0) is 16.2. The third-order valence-corrected chi connectivity index (χ3v) is 9.91. The number of rotatable bonds is 2. The van der Waals surface area contributed by atoms with Gasteiger partial charge in [0.05, 0.1) is 8.07 Å². The molecule has 0 radical (unpaired) electrons. The fourth-order valence-electron chi connectivity index (χ4n) is 4.34. The molecule has 2 unspecified atom stereocenters. The van der Waals surface area contributed by atoms with Crippen molar-refractivity contribution in [2.24, 2.45) is 0 Å². The average Bonchev–Trinajstić information content (AvgIpc) is 3.10. The molecule has 0 heterocycles. The van der Waals surface area contributed by atoms with E-state index < -0.39 is 8.07 Å².